The Kier molecular flexibility index (Phi) is 5.62. The summed E-state index contributed by atoms with van der Waals surface area (Å²) in [6, 6.07) is 16.3. The summed E-state index contributed by atoms with van der Waals surface area (Å²) in [7, 11) is 0. The number of nitrogens with one attached hydrogen (secondary N) is 1. The first-order valence-electron chi connectivity index (χ1n) is 6.93. The molecule has 1 atom stereocenters. The van der Waals surface area contributed by atoms with E-state index in [0.717, 1.165) is 23.9 Å². The first-order chi connectivity index (χ1) is 9.67. The Morgan fingerprint density at radius 1 is 1.05 bits per heavy atom. The Morgan fingerprint density at radius 2 is 1.75 bits per heavy atom. The summed E-state index contributed by atoms with van der Waals surface area (Å²) >= 11 is 3.52. The average molecular weight is 334 g/mol. The molecule has 20 heavy (non-hydrogen) atoms. The third-order valence-electron chi connectivity index (χ3n) is 3.28. The molecule has 1 unspecified atom stereocenters. The number of phenolic OH excluding ortho intramolecular Hbond substituents is 1. The van der Waals surface area contributed by atoms with E-state index < -0.39 is 0 Å². The van der Waals surface area contributed by atoms with Gasteiger partial charge in [0.05, 0.1) is 0 Å². The highest BCUT2D eigenvalue weighted by Crippen LogP contribution is 2.16. The zero-order chi connectivity index (χ0) is 14.4. The second-order valence-electron chi connectivity index (χ2n) is 4.96. The van der Waals surface area contributed by atoms with Crippen LogP contribution in [0, 0.1) is 0 Å². The number of hydrogen-bond donors (Lipinski definition) is 2. The van der Waals surface area contributed by atoms with Crippen molar-refractivity contribution >= 4 is 15.9 Å². The number of aromatic hydroxyl groups is 1. The van der Waals surface area contributed by atoms with Crippen molar-refractivity contribution in [3.05, 3.63) is 64.1 Å². The van der Waals surface area contributed by atoms with Gasteiger partial charge in [-0.05, 0) is 54.8 Å². The van der Waals surface area contributed by atoms with Crippen molar-refractivity contribution in [1.29, 1.82) is 0 Å². The minimum absolute atomic E-state index is 0.320. The second kappa shape index (κ2) is 7.46. The largest absolute Gasteiger partial charge is 0.508 e. The minimum atomic E-state index is 0.320. The molecule has 106 valence electrons. The van der Waals surface area contributed by atoms with Gasteiger partial charge in [-0.3, -0.25) is 0 Å². The number of halogens is 1. The standard InChI is InChI=1S/C17H20BrNO/c1-2-19-16(11-13-6-8-17(20)9-7-13)12-14-4-3-5-15(18)10-14/h3-10,16,19-20H,2,11-12H2,1H3. The Hall–Kier alpha value is -1.32. The fourth-order valence-electron chi connectivity index (χ4n) is 2.37. The van der Waals surface area contributed by atoms with Gasteiger partial charge in [0.2, 0.25) is 0 Å². The molecule has 0 fully saturated rings. The van der Waals surface area contributed by atoms with Gasteiger partial charge in [0.1, 0.15) is 5.75 Å². The van der Waals surface area contributed by atoms with Gasteiger partial charge in [-0.1, -0.05) is 47.1 Å². The monoisotopic (exact) mass is 333 g/mol. The molecule has 0 amide bonds. The summed E-state index contributed by atoms with van der Waals surface area (Å²) in [6.45, 7) is 3.08. The van der Waals surface area contributed by atoms with E-state index in [1.54, 1.807) is 12.1 Å². The van der Waals surface area contributed by atoms with E-state index in [1.165, 1.54) is 11.1 Å². The number of rotatable bonds is 6. The van der Waals surface area contributed by atoms with E-state index in [4.69, 9.17) is 0 Å². The number of hydrogen-bond acceptors (Lipinski definition) is 2. The predicted molar refractivity (Wildman–Crippen MR) is 87.1 cm³/mol. The van der Waals surface area contributed by atoms with Crippen molar-refractivity contribution in [2.45, 2.75) is 25.8 Å². The highest BCUT2D eigenvalue weighted by Gasteiger charge is 2.10. The van der Waals surface area contributed by atoms with E-state index in [2.05, 4.69) is 46.4 Å². The first-order valence-corrected chi connectivity index (χ1v) is 7.72. The zero-order valence-corrected chi connectivity index (χ0v) is 13.2. The number of phenols is 1. The predicted octanol–water partition coefficient (Wildman–Crippen LogP) is 3.92. The average Bonchev–Trinajstić information content (AvgIpc) is 2.42. The summed E-state index contributed by atoms with van der Waals surface area (Å²) in [5.74, 6) is 0.320. The van der Waals surface area contributed by atoms with Crippen molar-refractivity contribution in [2.75, 3.05) is 6.54 Å². The molecule has 0 saturated carbocycles. The molecule has 2 nitrogen and oxygen atoms in total. The molecular weight excluding hydrogens is 314 g/mol. The Bertz CT molecular complexity index is 539. The fourth-order valence-corrected chi connectivity index (χ4v) is 2.82. The molecule has 3 heteroatoms. The quantitative estimate of drug-likeness (QED) is 0.839. The van der Waals surface area contributed by atoms with E-state index in [1.807, 2.05) is 18.2 Å². The molecule has 2 aromatic carbocycles. The molecule has 2 rings (SSSR count). The third-order valence-corrected chi connectivity index (χ3v) is 3.78. The zero-order valence-electron chi connectivity index (χ0n) is 11.6. The van der Waals surface area contributed by atoms with Crippen LogP contribution in [-0.2, 0) is 12.8 Å². The van der Waals surface area contributed by atoms with E-state index in [0.29, 0.717) is 11.8 Å². The van der Waals surface area contributed by atoms with Crippen molar-refractivity contribution in [1.82, 2.24) is 5.32 Å². The SMILES string of the molecule is CCNC(Cc1ccc(O)cc1)Cc1cccc(Br)c1. The first kappa shape index (κ1) is 15.1. The van der Waals surface area contributed by atoms with E-state index >= 15 is 0 Å². The van der Waals surface area contributed by atoms with Crippen molar-refractivity contribution in [3.63, 3.8) is 0 Å². The fraction of sp³-hybridized carbons (Fsp3) is 0.294. The molecule has 0 aliphatic rings. The van der Waals surface area contributed by atoms with Crippen LogP contribution in [0.4, 0.5) is 0 Å². The lowest BCUT2D eigenvalue weighted by molar-refractivity contribution is 0.474. The van der Waals surface area contributed by atoms with E-state index in [-0.39, 0.29) is 0 Å². The van der Waals surface area contributed by atoms with Crippen LogP contribution in [-0.4, -0.2) is 17.7 Å². The third kappa shape index (κ3) is 4.66. The smallest absolute Gasteiger partial charge is 0.115 e. The summed E-state index contributed by atoms with van der Waals surface area (Å²) < 4.78 is 1.12. The van der Waals surface area contributed by atoms with Crippen LogP contribution in [0.3, 0.4) is 0 Å². The minimum Gasteiger partial charge on any atom is -0.508 e. The molecule has 0 heterocycles. The van der Waals surface area contributed by atoms with Crippen LogP contribution in [0.25, 0.3) is 0 Å². The maximum atomic E-state index is 9.34. The highest BCUT2D eigenvalue weighted by molar-refractivity contribution is 9.10. The molecule has 0 aliphatic carbocycles. The van der Waals surface area contributed by atoms with Gasteiger partial charge in [0, 0.05) is 10.5 Å². The molecule has 2 N–H and O–H groups in total. The summed E-state index contributed by atoms with van der Waals surface area (Å²) in [4.78, 5) is 0. The van der Waals surface area contributed by atoms with Crippen molar-refractivity contribution in [3.8, 4) is 5.75 Å². The second-order valence-corrected chi connectivity index (χ2v) is 5.87. The lowest BCUT2D eigenvalue weighted by atomic mass is 9.99. The lowest BCUT2D eigenvalue weighted by Crippen LogP contribution is -2.33. The van der Waals surface area contributed by atoms with Crippen molar-refractivity contribution in [2.24, 2.45) is 0 Å². The van der Waals surface area contributed by atoms with Crippen LogP contribution in [0.15, 0.2) is 53.0 Å². The summed E-state index contributed by atoms with van der Waals surface area (Å²) in [6.07, 6.45) is 1.95. The molecule has 0 spiro atoms. The molecule has 0 aromatic heterocycles. The van der Waals surface area contributed by atoms with Crippen LogP contribution in [0.5, 0.6) is 5.75 Å². The summed E-state index contributed by atoms with van der Waals surface area (Å²) in [5, 5.41) is 12.9. The molecular formula is C17H20BrNO. The topological polar surface area (TPSA) is 32.3 Å². The maximum absolute atomic E-state index is 9.34. The molecule has 0 aliphatic heterocycles. The van der Waals surface area contributed by atoms with Crippen LogP contribution in [0.1, 0.15) is 18.1 Å². The van der Waals surface area contributed by atoms with Gasteiger partial charge >= 0.3 is 0 Å². The van der Waals surface area contributed by atoms with Crippen LogP contribution < -0.4 is 5.32 Å². The maximum Gasteiger partial charge on any atom is 0.115 e. The van der Waals surface area contributed by atoms with Gasteiger partial charge in [-0.25, -0.2) is 0 Å². The number of benzene rings is 2. The molecule has 0 bridgehead atoms. The van der Waals surface area contributed by atoms with Gasteiger partial charge in [-0.2, -0.15) is 0 Å². The lowest BCUT2D eigenvalue weighted by Gasteiger charge is -2.18. The van der Waals surface area contributed by atoms with E-state index in [9.17, 15) is 5.11 Å². The van der Waals surface area contributed by atoms with Gasteiger partial charge in [0.15, 0.2) is 0 Å². The highest BCUT2D eigenvalue weighted by atomic mass is 79.9. The van der Waals surface area contributed by atoms with Gasteiger partial charge in [-0.15, -0.1) is 0 Å². The number of likely N-dealkylation sites (N-methyl/N-ethyl adjacent to an activating group) is 1. The molecule has 2 aromatic rings. The normalized spacial score (nSPS) is 12.3. The Balaban J connectivity index is 2.05. The Labute approximate surface area is 129 Å². The van der Waals surface area contributed by atoms with Gasteiger partial charge < -0.3 is 10.4 Å². The van der Waals surface area contributed by atoms with Crippen LogP contribution in [0.2, 0.25) is 0 Å². The molecule has 0 radical (unpaired) electrons. The van der Waals surface area contributed by atoms with Crippen molar-refractivity contribution < 1.29 is 5.11 Å². The summed E-state index contributed by atoms with van der Waals surface area (Å²) in [5.41, 5.74) is 2.56. The molecule has 0 saturated heterocycles. The van der Waals surface area contributed by atoms with Gasteiger partial charge in [0.25, 0.3) is 0 Å². The Morgan fingerprint density at radius 3 is 2.40 bits per heavy atom. The van der Waals surface area contributed by atoms with Crippen LogP contribution >= 0.6 is 15.9 Å².